The largest absolute Gasteiger partial charge is 0.495 e. The predicted molar refractivity (Wildman–Crippen MR) is 125 cm³/mol. The minimum atomic E-state index is -4.05. The van der Waals surface area contributed by atoms with Crippen molar-refractivity contribution in [3.63, 3.8) is 0 Å². The summed E-state index contributed by atoms with van der Waals surface area (Å²) < 4.78 is 39.2. The molecule has 0 heterocycles. The van der Waals surface area contributed by atoms with Crippen molar-refractivity contribution in [1.82, 2.24) is 0 Å². The summed E-state index contributed by atoms with van der Waals surface area (Å²) >= 11 is 6.07. The van der Waals surface area contributed by atoms with Gasteiger partial charge in [0.15, 0.2) is 0 Å². The zero-order valence-electron chi connectivity index (χ0n) is 17.5. The van der Waals surface area contributed by atoms with Crippen molar-refractivity contribution in [1.29, 1.82) is 0 Å². The van der Waals surface area contributed by atoms with Gasteiger partial charge in [-0.2, -0.15) is 0 Å². The third-order valence-electron chi connectivity index (χ3n) is 4.55. The van der Waals surface area contributed by atoms with Crippen molar-refractivity contribution < 1.29 is 22.7 Å². The zero-order valence-corrected chi connectivity index (χ0v) is 19.1. The molecule has 3 aromatic carbocycles. The minimum Gasteiger partial charge on any atom is -0.495 e. The quantitative estimate of drug-likeness (QED) is 0.469. The highest BCUT2D eigenvalue weighted by Gasteiger charge is 2.22. The first kappa shape index (κ1) is 23.6. The van der Waals surface area contributed by atoms with Crippen LogP contribution in [0.2, 0.25) is 5.02 Å². The molecule has 0 saturated carbocycles. The van der Waals surface area contributed by atoms with Crippen LogP contribution in [0.25, 0.3) is 0 Å². The fourth-order valence-electron chi connectivity index (χ4n) is 2.82. The molecular weight excluding hydrogens is 452 g/mol. The highest BCUT2D eigenvalue weighted by atomic mass is 35.5. The zero-order chi connectivity index (χ0) is 23.1. The standard InChI is InChI=1S/C23H23ClN2O5S/c1-16(31-15-17-8-4-3-5-9-17)23(27)25-18-12-13-21(30-2)22(14-18)32(28,29)26-20-11-7-6-10-19(20)24/h3-14,16,26H,15H2,1-2H3,(H,25,27). The number of sulfonamides is 1. The molecule has 3 rings (SSSR count). The first-order valence-electron chi connectivity index (χ1n) is 9.72. The summed E-state index contributed by atoms with van der Waals surface area (Å²) in [5.41, 5.74) is 1.45. The molecule has 7 nitrogen and oxygen atoms in total. The molecule has 0 aliphatic heterocycles. The van der Waals surface area contributed by atoms with E-state index in [1.807, 2.05) is 30.3 Å². The Morgan fingerprint density at radius 1 is 1.03 bits per heavy atom. The van der Waals surface area contributed by atoms with E-state index in [0.29, 0.717) is 0 Å². The smallest absolute Gasteiger partial charge is 0.265 e. The SMILES string of the molecule is COc1ccc(NC(=O)C(C)OCc2ccccc2)cc1S(=O)(=O)Nc1ccccc1Cl. The predicted octanol–water partition coefficient (Wildman–Crippen LogP) is 4.69. The normalized spacial score (nSPS) is 12.1. The van der Waals surface area contributed by atoms with Crippen LogP contribution in [-0.2, 0) is 26.2 Å². The molecule has 168 valence electrons. The summed E-state index contributed by atoms with van der Waals surface area (Å²) in [6, 6.07) is 20.3. The summed E-state index contributed by atoms with van der Waals surface area (Å²) in [5.74, 6) is -0.288. The molecular formula is C23H23ClN2O5S. The number of ether oxygens (including phenoxy) is 2. The lowest BCUT2D eigenvalue weighted by Gasteiger charge is -2.16. The molecule has 0 radical (unpaired) electrons. The van der Waals surface area contributed by atoms with Crippen molar-refractivity contribution in [3.05, 3.63) is 83.4 Å². The Bertz CT molecular complexity index is 1190. The number of benzene rings is 3. The second kappa shape index (κ2) is 10.5. The molecule has 32 heavy (non-hydrogen) atoms. The van der Waals surface area contributed by atoms with E-state index in [4.69, 9.17) is 21.1 Å². The van der Waals surface area contributed by atoms with Gasteiger partial charge in [-0.25, -0.2) is 8.42 Å². The lowest BCUT2D eigenvalue weighted by molar-refractivity contribution is -0.127. The molecule has 0 aliphatic rings. The van der Waals surface area contributed by atoms with Gasteiger partial charge in [-0.05, 0) is 42.8 Å². The average Bonchev–Trinajstić information content (AvgIpc) is 2.79. The van der Waals surface area contributed by atoms with E-state index < -0.39 is 22.0 Å². The Kier molecular flexibility index (Phi) is 7.74. The van der Waals surface area contributed by atoms with Gasteiger partial charge >= 0.3 is 0 Å². The van der Waals surface area contributed by atoms with Gasteiger partial charge in [0.1, 0.15) is 16.7 Å². The maximum absolute atomic E-state index is 13.0. The van der Waals surface area contributed by atoms with Crippen LogP contribution in [0, 0.1) is 0 Å². The fourth-order valence-corrected chi connectivity index (χ4v) is 4.34. The number of methoxy groups -OCH3 is 1. The maximum atomic E-state index is 13.0. The number of anilines is 2. The summed E-state index contributed by atoms with van der Waals surface area (Å²) in [6.07, 6.45) is -0.751. The van der Waals surface area contributed by atoms with E-state index >= 15 is 0 Å². The molecule has 1 unspecified atom stereocenters. The Hall–Kier alpha value is -3.07. The molecule has 0 saturated heterocycles. The van der Waals surface area contributed by atoms with Crippen LogP contribution < -0.4 is 14.8 Å². The van der Waals surface area contributed by atoms with Crippen molar-refractivity contribution in [2.45, 2.75) is 24.5 Å². The first-order chi connectivity index (χ1) is 15.3. The number of hydrogen-bond donors (Lipinski definition) is 2. The number of amides is 1. The van der Waals surface area contributed by atoms with E-state index in [9.17, 15) is 13.2 Å². The number of halogens is 1. The van der Waals surface area contributed by atoms with Crippen LogP contribution in [0.4, 0.5) is 11.4 Å². The van der Waals surface area contributed by atoms with Crippen LogP contribution in [0.3, 0.4) is 0 Å². The summed E-state index contributed by atoms with van der Waals surface area (Å²) in [7, 11) is -2.68. The number of hydrogen-bond acceptors (Lipinski definition) is 5. The summed E-state index contributed by atoms with van der Waals surface area (Å²) in [5, 5.41) is 2.93. The molecule has 0 bridgehead atoms. The van der Waals surface area contributed by atoms with Gasteiger partial charge < -0.3 is 14.8 Å². The molecule has 2 N–H and O–H groups in total. The Labute approximate surface area is 192 Å². The molecule has 1 atom stereocenters. The Balaban J connectivity index is 1.75. The average molecular weight is 475 g/mol. The third kappa shape index (κ3) is 6.00. The summed E-state index contributed by atoms with van der Waals surface area (Å²) in [4.78, 5) is 12.4. The van der Waals surface area contributed by atoms with Crippen molar-refractivity contribution in [2.24, 2.45) is 0 Å². The van der Waals surface area contributed by atoms with Gasteiger partial charge in [-0.3, -0.25) is 9.52 Å². The van der Waals surface area contributed by atoms with Gasteiger partial charge in [0.25, 0.3) is 15.9 Å². The Morgan fingerprint density at radius 2 is 1.72 bits per heavy atom. The molecule has 0 fully saturated rings. The van der Waals surface area contributed by atoms with E-state index in [1.54, 1.807) is 37.3 Å². The van der Waals surface area contributed by atoms with E-state index in [0.717, 1.165) is 5.56 Å². The molecule has 1 amide bonds. The lowest BCUT2D eigenvalue weighted by atomic mass is 10.2. The number of para-hydroxylation sites is 1. The number of carbonyl (C=O) groups is 1. The van der Waals surface area contributed by atoms with Crippen LogP contribution >= 0.6 is 11.6 Å². The summed E-state index contributed by atoms with van der Waals surface area (Å²) in [6.45, 7) is 1.90. The monoisotopic (exact) mass is 474 g/mol. The Morgan fingerprint density at radius 3 is 2.41 bits per heavy atom. The molecule has 0 spiro atoms. The highest BCUT2D eigenvalue weighted by Crippen LogP contribution is 2.31. The number of nitrogens with one attached hydrogen (secondary N) is 2. The molecule has 3 aromatic rings. The van der Waals surface area contributed by atoms with Crippen molar-refractivity contribution >= 4 is 38.9 Å². The molecule has 0 aliphatic carbocycles. The number of carbonyl (C=O) groups excluding carboxylic acids is 1. The second-order valence-electron chi connectivity index (χ2n) is 6.88. The fraction of sp³-hybridized carbons (Fsp3) is 0.174. The van der Waals surface area contributed by atoms with Crippen molar-refractivity contribution in [2.75, 3.05) is 17.1 Å². The van der Waals surface area contributed by atoms with Crippen molar-refractivity contribution in [3.8, 4) is 5.75 Å². The van der Waals surface area contributed by atoms with Gasteiger partial charge in [0, 0.05) is 5.69 Å². The van der Waals surface area contributed by atoms with Crippen LogP contribution in [0.1, 0.15) is 12.5 Å². The first-order valence-corrected chi connectivity index (χ1v) is 11.6. The van der Waals surface area contributed by atoms with E-state index in [2.05, 4.69) is 10.0 Å². The van der Waals surface area contributed by atoms with Gasteiger partial charge in [-0.1, -0.05) is 54.1 Å². The van der Waals surface area contributed by atoms with Crippen LogP contribution in [-0.4, -0.2) is 27.5 Å². The maximum Gasteiger partial charge on any atom is 0.265 e. The lowest BCUT2D eigenvalue weighted by Crippen LogP contribution is -2.27. The number of rotatable bonds is 9. The molecule has 0 aromatic heterocycles. The van der Waals surface area contributed by atoms with E-state index in [1.165, 1.54) is 19.2 Å². The second-order valence-corrected chi connectivity index (χ2v) is 8.94. The van der Waals surface area contributed by atoms with Crippen LogP contribution in [0.5, 0.6) is 5.75 Å². The van der Waals surface area contributed by atoms with Gasteiger partial charge in [0.05, 0.1) is 24.4 Å². The van der Waals surface area contributed by atoms with Crippen LogP contribution in [0.15, 0.2) is 77.7 Å². The van der Waals surface area contributed by atoms with Gasteiger partial charge in [0.2, 0.25) is 0 Å². The third-order valence-corrected chi connectivity index (χ3v) is 6.27. The van der Waals surface area contributed by atoms with Gasteiger partial charge in [-0.15, -0.1) is 0 Å². The molecule has 9 heteroatoms. The minimum absolute atomic E-state index is 0.121. The highest BCUT2D eigenvalue weighted by molar-refractivity contribution is 7.92. The topological polar surface area (TPSA) is 93.7 Å². The van der Waals surface area contributed by atoms with E-state index in [-0.39, 0.29) is 33.6 Å².